The van der Waals surface area contributed by atoms with Gasteiger partial charge in [0.25, 0.3) is 0 Å². The topological polar surface area (TPSA) is 122 Å². The maximum Gasteiger partial charge on any atom is 0.326 e. The van der Waals surface area contributed by atoms with Crippen molar-refractivity contribution in [2.24, 2.45) is 5.73 Å². The molecule has 0 spiro atoms. The van der Waals surface area contributed by atoms with Crippen molar-refractivity contribution in [1.82, 2.24) is 10.6 Å². The number of aliphatic carboxylic acids is 1. The number of nitrogens with one attached hydrogen (secondary N) is 2. The fraction of sp³-hybridized carbons (Fsp3) is 0.438. The van der Waals surface area contributed by atoms with Crippen LogP contribution in [0.4, 0.5) is 0 Å². The van der Waals surface area contributed by atoms with Gasteiger partial charge in [0.05, 0.1) is 0 Å². The highest BCUT2D eigenvalue weighted by atomic mass is 16.4. The first-order valence-corrected chi connectivity index (χ1v) is 7.55. The number of carbonyl (C=O) groups is 3. The molecule has 0 fully saturated rings. The van der Waals surface area contributed by atoms with Crippen molar-refractivity contribution in [2.45, 2.75) is 37.8 Å². The molecule has 0 saturated carbocycles. The second kappa shape index (κ2) is 10.3. The molecule has 0 aliphatic heterocycles. The van der Waals surface area contributed by atoms with E-state index in [0.717, 1.165) is 5.56 Å². The molecule has 2 atom stereocenters. The second-order valence-corrected chi connectivity index (χ2v) is 5.21. The summed E-state index contributed by atoms with van der Waals surface area (Å²) < 4.78 is 0. The number of amides is 2. The fourth-order valence-corrected chi connectivity index (χ4v) is 2.18. The quantitative estimate of drug-likeness (QED) is 0.339. The van der Waals surface area contributed by atoms with Gasteiger partial charge in [0.1, 0.15) is 12.1 Å². The highest BCUT2D eigenvalue weighted by Gasteiger charge is 2.24. The van der Waals surface area contributed by atoms with E-state index in [4.69, 9.17) is 5.73 Å². The minimum Gasteiger partial charge on any atom is -0.480 e. The zero-order valence-electron chi connectivity index (χ0n) is 12.9. The summed E-state index contributed by atoms with van der Waals surface area (Å²) >= 11 is 0. The Hall–Kier alpha value is -2.41. The van der Waals surface area contributed by atoms with Crippen LogP contribution in [0.3, 0.4) is 0 Å². The fourth-order valence-electron chi connectivity index (χ4n) is 2.18. The molecule has 0 saturated heterocycles. The van der Waals surface area contributed by atoms with E-state index in [-0.39, 0.29) is 0 Å². The molecule has 0 aromatic heterocycles. The van der Waals surface area contributed by atoms with Crippen LogP contribution in [0.15, 0.2) is 30.3 Å². The summed E-state index contributed by atoms with van der Waals surface area (Å²) in [5.74, 6) is -1.61. The van der Waals surface area contributed by atoms with Crippen molar-refractivity contribution in [1.29, 1.82) is 0 Å². The second-order valence-electron chi connectivity index (χ2n) is 5.21. The molecule has 1 aromatic carbocycles. The van der Waals surface area contributed by atoms with Gasteiger partial charge in [-0.1, -0.05) is 30.3 Å². The summed E-state index contributed by atoms with van der Waals surface area (Å²) in [6.45, 7) is 0.476. The lowest BCUT2D eigenvalue weighted by Crippen LogP contribution is -2.50. The number of hydrogen-bond acceptors (Lipinski definition) is 4. The number of unbranched alkanes of at least 4 members (excludes halogenated alkanes) is 1. The predicted molar refractivity (Wildman–Crippen MR) is 85.6 cm³/mol. The first-order chi connectivity index (χ1) is 11.1. The summed E-state index contributed by atoms with van der Waals surface area (Å²) in [6.07, 6.45) is 2.34. The van der Waals surface area contributed by atoms with Crippen molar-refractivity contribution < 1.29 is 19.5 Å². The summed E-state index contributed by atoms with van der Waals surface area (Å²) in [6, 6.07) is 7.39. The minimum atomic E-state index is -1.10. The van der Waals surface area contributed by atoms with Crippen molar-refractivity contribution in [3.05, 3.63) is 35.9 Å². The Morgan fingerprint density at radius 3 is 2.43 bits per heavy atom. The van der Waals surface area contributed by atoms with Gasteiger partial charge in [-0.15, -0.1) is 0 Å². The normalized spacial score (nSPS) is 12.9. The number of nitrogens with two attached hydrogens (primary N) is 1. The van der Waals surface area contributed by atoms with Gasteiger partial charge < -0.3 is 21.5 Å². The molecule has 0 aliphatic rings. The van der Waals surface area contributed by atoms with Crippen LogP contribution in [0.5, 0.6) is 0 Å². The van der Waals surface area contributed by atoms with Crippen LogP contribution in [0, 0.1) is 0 Å². The first-order valence-electron chi connectivity index (χ1n) is 7.55. The van der Waals surface area contributed by atoms with Crippen molar-refractivity contribution in [3.8, 4) is 0 Å². The molecule has 7 heteroatoms. The van der Waals surface area contributed by atoms with Crippen LogP contribution in [0.1, 0.15) is 24.8 Å². The average Bonchev–Trinajstić information content (AvgIpc) is 2.54. The van der Waals surface area contributed by atoms with Gasteiger partial charge in [0.15, 0.2) is 0 Å². The lowest BCUT2D eigenvalue weighted by molar-refractivity contribution is -0.142. The monoisotopic (exact) mass is 321 g/mol. The third-order valence-corrected chi connectivity index (χ3v) is 3.43. The molecular weight excluding hydrogens is 298 g/mol. The van der Waals surface area contributed by atoms with E-state index in [0.29, 0.717) is 38.6 Å². The number of carboxylic acids is 1. The van der Waals surface area contributed by atoms with Crippen LogP contribution < -0.4 is 16.4 Å². The Labute approximate surface area is 135 Å². The SMILES string of the molecule is NCCCC[C@H](NC(=O)[C@H](Cc1ccccc1)NC=O)C(=O)O. The lowest BCUT2D eigenvalue weighted by Gasteiger charge is -2.20. The molecule has 0 heterocycles. The van der Waals surface area contributed by atoms with Crippen molar-refractivity contribution in [3.63, 3.8) is 0 Å². The maximum absolute atomic E-state index is 12.3. The Kier molecular flexibility index (Phi) is 8.38. The summed E-state index contributed by atoms with van der Waals surface area (Å²) in [5.41, 5.74) is 6.25. The largest absolute Gasteiger partial charge is 0.480 e. The van der Waals surface area contributed by atoms with Crippen LogP contribution in [-0.4, -0.2) is 42.0 Å². The minimum absolute atomic E-state index is 0.292. The van der Waals surface area contributed by atoms with E-state index in [1.807, 2.05) is 30.3 Å². The molecule has 0 unspecified atom stereocenters. The zero-order valence-corrected chi connectivity index (χ0v) is 12.9. The molecular formula is C16H23N3O4. The van der Waals surface area contributed by atoms with Crippen LogP contribution >= 0.6 is 0 Å². The van der Waals surface area contributed by atoms with Crippen molar-refractivity contribution in [2.75, 3.05) is 6.54 Å². The molecule has 23 heavy (non-hydrogen) atoms. The van der Waals surface area contributed by atoms with Crippen LogP contribution in [0.25, 0.3) is 0 Å². The molecule has 0 bridgehead atoms. The van der Waals surface area contributed by atoms with E-state index in [2.05, 4.69) is 10.6 Å². The Morgan fingerprint density at radius 1 is 1.17 bits per heavy atom. The van der Waals surface area contributed by atoms with Gasteiger partial charge in [-0.05, 0) is 31.4 Å². The lowest BCUT2D eigenvalue weighted by atomic mass is 10.0. The van der Waals surface area contributed by atoms with Crippen molar-refractivity contribution >= 4 is 18.3 Å². The van der Waals surface area contributed by atoms with Crippen LogP contribution in [0.2, 0.25) is 0 Å². The van der Waals surface area contributed by atoms with E-state index < -0.39 is 24.0 Å². The van der Waals surface area contributed by atoms with E-state index in [1.165, 1.54) is 0 Å². The van der Waals surface area contributed by atoms with Gasteiger partial charge in [-0.2, -0.15) is 0 Å². The van der Waals surface area contributed by atoms with Gasteiger partial charge in [0.2, 0.25) is 12.3 Å². The number of rotatable bonds is 11. The molecule has 126 valence electrons. The Bertz CT molecular complexity index is 507. The first kappa shape index (κ1) is 18.6. The molecule has 1 aromatic rings. The predicted octanol–water partition coefficient (Wildman–Crippen LogP) is 0.0421. The number of carbonyl (C=O) groups excluding carboxylic acids is 2. The summed E-state index contributed by atoms with van der Waals surface area (Å²) in [4.78, 5) is 34.2. The highest BCUT2D eigenvalue weighted by Crippen LogP contribution is 2.05. The Balaban J connectivity index is 2.67. The smallest absolute Gasteiger partial charge is 0.326 e. The molecule has 1 rings (SSSR count). The van der Waals surface area contributed by atoms with Gasteiger partial charge >= 0.3 is 5.97 Å². The summed E-state index contributed by atoms with van der Waals surface area (Å²) in [5, 5.41) is 14.1. The highest BCUT2D eigenvalue weighted by molar-refractivity contribution is 5.88. The maximum atomic E-state index is 12.3. The third kappa shape index (κ3) is 6.92. The number of hydrogen-bond donors (Lipinski definition) is 4. The molecule has 0 aliphatic carbocycles. The number of benzene rings is 1. The van der Waals surface area contributed by atoms with E-state index in [9.17, 15) is 19.5 Å². The Morgan fingerprint density at radius 2 is 1.87 bits per heavy atom. The standard InChI is InChI=1S/C16H23N3O4/c17-9-5-4-8-13(16(22)23)19-15(21)14(18-11-20)10-12-6-2-1-3-7-12/h1-3,6-7,11,13-14H,4-5,8-10,17H2,(H,18,20)(H,19,21)(H,22,23)/t13-,14-/m0/s1. The molecule has 0 radical (unpaired) electrons. The molecule has 2 amide bonds. The zero-order chi connectivity index (χ0) is 17.1. The van der Waals surface area contributed by atoms with Gasteiger partial charge in [-0.3, -0.25) is 9.59 Å². The molecule has 7 nitrogen and oxygen atoms in total. The van der Waals surface area contributed by atoms with Gasteiger partial charge in [0, 0.05) is 6.42 Å². The number of carboxylic acid groups (broad SMARTS) is 1. The van der Waals surface area contributed by atoms with Gasteiger partial charge in [-0.25, -0.2) is 4.79 Å². The average molecular weight is 321 g/mol. The van der Waals surface area contributed by atoms with E-state index in [1.54, 1.807) is 0 Å². The third-order valence-electron chi connectivity index (χ3n) is 3.43. The van der Waals surface area contributed by atoms with Crippen LogP contribution in [-0.2, 0) is 20.8 Å². The molecule has 5 N–H and O–H groups in total. The van der Waals surface area contributed by atoms with E-state index >= 15 is 0 Å². The summed E-state index contributed by atoms with van der Waals surface area (Å²) in [7, 11) is 0.